The number of hydrogen-bond donors (Lipinski definition) is 1. The quantitative estimate of drug-likeness (QED) is 0.284. The molecule has 1 aromatic carbocycles. The van der Waals surface area contributed by atoms with Crippen LogP contribution in [-0.4, -0.2) is 30.0 Å². The summed E-state index contributed by atoms with van der Waals surface area (Å²) in [6.45, 7) is 0. The van der Waals surface area contributed by atoms with E-state index in [9.17, 15) is 14.7 Å². The van der Waals surface area contributed by atoms with Crippen LogP contribution in [0.2, 0.25) is 0 Å². The van der Waals surface area contributed by atoms with Gasteiger partial charge < -0.3 is 9.84 Å². The number of ether oxygens (including phenoxy) is 1. The van der Waals surface area contributed by atoms with E-state index >= 15 is 0 Å². The molecule has 1 N–H and O–H groups in total. The number of methoxy groups -OCH3 is 1. The maximum absolute atomic E-state index is 12.2. The summed E-state index contributed by atoms with van der Waals surface area (Å²) in [7, 11) is 1.37. The fourth-order valence-electron chi connectivity index (χ4n) is 4.09. The molecule has 2 atom stereocenters. The van der Waals surface area contributed by atoms with Crippen molar-refractivity contribution in [2.75, 3.05) is 13.0 Å². The highest BCUT2D eigenvalue weighted by Gasteiger charge is 2.41. The molecular weight excluding hydrogens is 352 g/mol. The van der Waals surface area contributed by atoms with Crippen molar-refractivity contribution in [3.05, 3.63) is 35.4 Å². The van der Waals surface area contributed by atoms with Gasteiger partial charge in [0.1, 0.15) is 0 Å². The normalized spacial score (nSPS) is 23.2. The van der Waals surface area contributed by atoms with E-state index in [4.69, 9.17) is 16.3 Å². The Morgan fingerprint density at radius 1 is 1.19 bits per heavy atom. The number of esters is 1. The third kappa shape index (κ3) is 5.23. The largest absolute Gasteiger partial charge is 0.481 e. The van der Waals surface area contributed by atoms with Crippen molar-refractivity contribution in [1.29, 1.82) is 0 Å². The molecule has 0 heterocycles. The number of alkyl halides is 1. The number of carbonyl (C=O) groups excluding carboxylic acids is 1. The lowest BCUT2D eigenvalue weighted by Crippen LogP contribution is -2.32. The highest BCUT2D eigenvalue weighted by atomic mass is 35.5. The van der Waals surface area contributed by atoms with Crippen LogP contribution < -0.4 is 0 Å². The van der Waals surface area contributed by atoms with Crippen molar-refractivity contribution < 1.29 is 19.4 Å². The first-order valence-electron chi connectivity index (χ1n) is 9.50. The van der Waals surface area contributed by atoms with Gasteiger partial charge in [0.2, 0.25) is 0 Å². The number of carboxylic acid groups (broad SMARTS) is 1. The number of unbranched alkanes of at least 4 members (excludes halogenated alkanes) is 2. The number of benzene rings is 1. The van der Waals surface area contributed by atoms with Crippen molar-refractivity contribution in [3.63, 3.8) is 0 Å². The molecule has 5 heteroatoms. The smallest absolute Gasteiger partial charge is 0.337 e. The fourth-order valence-corrected chi connectivity index (χ4v) is 4.28. The van der Waals surface area contributed by atoms with Crippen molar-refractivity contribution in [3.8, 4) is 0 Å². The summed E-state index contributed by atoms with van der Waals surface area (Å²) in [5.41, 5.74) is 0.996. The Kier molecular flexibility index (Phi) is 7.95. The Labute approximate surface area is 160 Å². The van der Waals surface area contributed by atoms with Crippen LogP contribution in [-0.2, 0) is 9.53 Å². The van der Waals surface area contributed by atoms with E-state index < -0.39 is 11.4 Å². The lowest BCUT2D eigenvalue weighted by Gasteiger charge is -2.31. The summed E-state index contributed by atoms with van der Waals surface area (Å²) >= 11 is 5.75. The molecule has 1 aromatic rings. The predicted molar refractivity (Wildman–Crippen MR) is 103 cm³/mol. The molecule has 0 unspecified atom stereocenters. The first kappa shape index (κ1) is 20.8. The van der Waals surface area contributed by atoms with Gasteiger partial charge in [-0.3, -0.25) is 4.79 Å². The first-order valence-corrected chi connectivity index (χ1v) is 10.0. The number of carbonyl (C=O) groups is 2. The van der Waals surface area contributed by atoms with Crippen LogP contribution in [0, 0.1) is 5.41 Å². The van der Waals surface area contributed by atoms with Gasteiger partial charge in [0.15, 0.2) is 0 Å². The van der Waals surface area contributed by atoms with E-state index in [1.807, 2.05) is 12.1 Å². The molecule has 0 amide bonds. The maximum Gasteiger partial charge on any atom is 0.337 e. The van der Waals surface area contributed by atoms with Crippen LogP contribution in [0.1, 0.15) is 79.6 Å². The first-order chi connectivity index (χ1) is 12.5. The topological polar surface area (TPSA) is 63.6 Å². The van der Waals surface area contributed by atoms with Crippen LogP contribution in [0.4, 0.5) is 0 Å². The van der Waals surface area contributed by atoms with Crippen molar-refractivity contribution in [2.24, 2.45) is 5.41 Å². The Bertz CT molecular complexity index is 599. The number of halogens is 1. The molecule has 0 radical (unpaired) electrons. The van der Waals surface area contributed by atoms with Gasteiger partial charge in [-0.2, -0.15) is 0 Å². The molecule has 0 aliphatic heterocycles. The monoisotopic (exact) mass is 380 g/mol. The molecule has 1 aliphatic carbocycles. The van der Waals surface area contributed by atoms with Gasteiger partial charge in [0.05, 0.1) is 18.1 Å². The molecular formula is C21H29ClO4. The maximum atomic E-state index is 12.2. The van der Waals surface area contributed by atoms with Gasteiger partial charge in [-0.25, -0.2) is 4.79 Å². The van der Waals surface area contributed by atoms with E-state index in [1.54, 1.807) is 12.1 Å². The van der Waals surface area contributed by atoms with E-state index in [0.29, 0.717) is 17.9 Å². The minimum Gasteiger partial charge on any atom is -0.481 e. The Morgan fingerprint density at radius 2 is 1.92 bits per heavy atom. The summed E-state index contributed by atoms with van der Waals surface area (Å²) in [5.74, 6) is -0.165. The molecule has 1 saturated carbocycles. The van der Waals surface area contributed by atoms with Crippen molar-refractivity contribution in [2.45, 2.75) is 63.7 Å². The zero-order valence-corrected chi connectivity index (χ0v) is 16.3. The zero-order chi connectivity index (χ0) is 19.0. The third-order valence-electron chi connectivity index (χ3n) is 5.64. The van der Waals surface area contributed by atoms with Gasteiger partial charge in [-0.1, -0.05) is 37.8 Å². The summed E-state index contributed by atoms with van der Waals surface area (Å²) in [4.78, 5) is 23.8. The molecule has 0 bridgehead atoms. The molecule has 1 fully saturated rings. The molecule has 0 aromatic heterocycles. The number of hydrogen-bond acceptors (Lipinski definition) is 3. The van der Waals surface area contributed by atoms with Gasteiger partial charge >= 0.3 is 11.9 Å². The van der Waals surface area contributed by atoms with E-state index in [2.05, 4.69) is 0 Å². The number of aliphatic carboxylic acids is 1. The number of rotatable bonds is 8. The summed E-state index contributed by atoms with van der Waals surface area (Å²) in [5, 5.41) is 10.00. The zero-order valence-electron chi connectivity index (χ0n) is 15.5. The SMILES string of the molecule is COC(=O)c1ccc([C@H]2CCCC[C@@](CCCCCCl)(C(=O)O)C2)cc1. The molecule has 144 valence electrons. The summed E-state index contributed by atoms with van der Waals surface area (Å²) in [6.07, 6.45) is 7.96. The van der Waals surface area contributed by atoms with Gasteiger partial charge in [-0.15, -0.1) is 11.6 Å². The Hall–Kier alpha value is -1.55. The third-order valence-corrected chi connectivity index (χ3v) is 5.91. The van der Waals surface area contributed by atoms with Crippen LogP contribution in [0.15, 0.2) is 24.3 Å². The second-order valence-electron chi connectivity index (χ2n) is 7.35. The average Bonchev–Trinajstić information content (AvgIpc) is 2.88. The minimum absolute atomic E-state index is 0.216. The highest BCUT2D eigenvalue weighted by molar-refractivity contribution is 6.17. The predicted octanol–water partition coefficient (Wildman–Crippen LogP) is 5.39. The summed E-state index contributed by atoms with van der Waals surface area (Å²) < 4.78 is 4.74. The molecule has 26 heavy (non-hydrogen) atoms. The lowest BCUT2D eigenvalue weighted by atomic mass is 9.72. The lowest BCUT2D eigenvalue weighted by molar-refractivity contribution is -0.150. The average molecular weight is 381 g/mol. The highest BCUT2D eigenvalue weighted by Crippen LogP contribution is 2.45. The molecule has 4 nitrogen and oxygen atoms in total. The van der Waals surface area contributed by atoms with Crippen LogP contribution in [0.3, 0.4) is 0 Å². The standard InChI is InChI=1S/C21H29ClO4/c1-26-19(23)17-10-8-16(9-11-17)18-7-3-5-13-21(15-18,20(24)25)12-4-2-6-14-22/h8-11,18H,2-7,12-15H2,1H3,(H,24,25)/t18-,21+/m0/s1. The molecule has 2 rings (SSSR count). The molecule has 0 spiro atoms. The van der Waals surface area contributed by atoms with Gasteiger partial charge in [-0.05, 0) is 55.7 Å². The van der Waals surface area contributed by atoms with Crippen LogP contribution in [0.25, 0.3) is 0 Å². The second kappa shape index (κ2) is 9.96. The summed E-state index contributed by atoms with van der Waals surface area (Å²) in [6, 6.07) is 7.44. The second-order valence-corrected chi connectivity index (χ2v) is 7.72. The molecule has 0 saturated heterocycles. The van der Waals surface area contributed by atoms with Crippen molar-refractivity contribution >= 4 is 23.5 Å². The van der Waals surface area contributed by atoms with Crippen LogP contribution >= 0.6 is 11.6 Å². The molecule has 1 aliphatic rings. The van der Waals surface area contributed by atoms with E-state index in [1.165, 1.54) is 7.11 Å². The van der Waals surface area contributed by atoms with E-state index in [0.717, 1.165) is 56.9 Å². The van der Waals surface area contributed by atoms with Crippen LogP contribution in [0.5, 0.6) is 0 Å². The minimum atomic E-state index is -0.665. The van der Waals surface area contributed by atoms with Gasteiger partial charge in [0.25, 0.3) is 0 Å². The number of carboxylic acids is 1. The Balaban J connectivity index is 2.15. The van der Waals surface area contributed by atoms with E-state index in [-0.39, 0.29) is 11.9 Å². The fraction of sp³-hybridized carbons (Fsp3) is 0.619. The van der Waals surface area contributed by atoms with Gasteiger partial charge in [0, 0.05) is 5.88 Å². The van der Waals surface area contributed by atoms with Crippen molar-refractivity contribution in [1.82, 2.24) is 0 Å². The Morgan fingerprint density at radius 3 is 2.54 bits per heavy atom.